The van der Waals surface area contributed by atoms with Gasteiger partial charge in [0.1, 0.15) is 0 Å². The topological polar surface area (TPSA) is 54.9 Å². The van der Waals surface area contributed by atoms with Crippen LogP contribution in [0.4, 0.5) is 5.13 Å². The Hall–Kier alpha value is -2.53. The Morgan fingerprint density at radius 1 is 1.09 bits per heavy atom. The molecule has 0 fully saturated rings. The van der Waals surface area contributed by atoms with E-state index in [4.69, 9.17) is 0 Å². The molecule has 3 aromatic rings. The van der Waals surface area contributed by atoms with Crippen LogP contribution in [0.15, 0.2) is 54.9 Å². The monoisotopic (exact) mass is 309 g/mol. The number of amides is 1. The third-order valence-corrected chi connectivity index (χ3v) is 4.08. The Kier molecular flexibility index (Phi) is 4.25. The number of thiazole rings is 1. The maximum Gasteiger partial charge on any atom is 0.259 e. The zero-order valence-electron chi connectivity index (χ0n) is 12.1. The first-order chi connectivity index (χ1) is 10.7. The lowest BCUT2D eigenvalue weighted by Crippen LogP contribution is -2.11. The van der Waals surface area contributed by atoms with Crippen LogP contribution < -0.4 is 5.32 Å². The Labute approximate surface area is 132 Å². The molecule has 0 spiro atoms. The zero-order valence-corrected chi connectivity index (χ0v) is 12.9. The van der Waals surface area contributed by atoms with E-state index >= 15 is 0 Å². The van der Waals surface area contributed by atoms with Gasteiger partial charge in [-0.3, -0.25) is 15.1 Å². The molecule has 1 aromatic carbocycles. The third-order valence-electron chi connectivity index (χ3n) is 3.17. The van der Waals surface area contributed by atoms with E-state index < -0.39 is 0 Å². The zero-order chi connectivity index (χ0) is 15.4. The van der Waals surface area contributed by atoms with E-state index in [0.717, 1.165) is 17.0 Å². The standard InChI is InChI=1S/C17H15N3OS/c1-12-7-8-14(10-18-12)16(21)20-17-19-11-15(22-17)9-13-5-3-2-4-6-13/h2-8,10-11H,9H2,1H3,(H,19,20,21). The van der Waals surface area contributed by atoms with E-state index in [2.05, 4.69) is 27.4 Å². The van der Waals surface area contributed by atoms with Crippen LogP contribution in [-0.4, -0.2) is 15.9 Å². The first kappa shape index (κ1) is 14.4. The summed E-state index contributed by atoms with van der Waals surface area (Å²) in [5.41, 5.74) is 2.65. The van der Waals surface area contributed by atoms with Gasteiger partial charge in [-0.15, -0.1) is 11.3 Å². The van der Waals surface area contributed by atoms with Crippen molar-refractivity contribution in [1.29, 1.82) is 0 Å². The number of nitrogens with one attached hydrogen (secondary N) is 1. The van der Waals surface area contributed by atoms with Gasteiger partial charge in [-0.2, -0.15) is 0 Å². The highest BCUT2D eigenvalue weighted by Crippen LogP contribution is 2.21. The molecule has 110 valence electrons. The van der Waals surface area contributed by atoms with Gasteiger partial charge in [0, 0.05) is 29.4 Å². The van der Waals surface area contributed by atoms with E-state index in [1.165, 1.54) is 16.9 Å². The first-order valence-corrected chi connectivity index (χ1v) is 7.75. The van der Waals surface area contributed by atoms with Gasteiger partial charge in [0.2, 0.25) is 0 Å². The molecule has 0 aliphatic heterocycles. The fraction of sp³-hybridized carbons (Fsp3) is 0.118. The second-order valence-corrected chi connectivity index (χ2v) is 6.05. The molecule has 0 saturated carbocycles. The number of hydrogen-bond donors (Lipinski definition) is 1. The quantitative estimate of drug-likeness (QED) is 0.799. The number of hydrogen-bond acceptors (Lipinski definition) is 4. The molecule has 5 heteroatoms. The van der Waals surface area contributed by atoms with E-state index in [-0.39, 0.29) is 5.91 Å². The molecule has 0 aliphatic carbocycles. The highest BCUT2D eigenvalue weighted by molar-refractivity contribution is 7.15. The fourth-order valence-corrected chi connectivity index (χ4v) is 2.86. The summed E-state index contributed by atoms with van der Waals surface area (Å²) in [4.78, 5) is 21.6. The van der Waals surface area contributed by atoms with Gasteiger partial charge in [-0.25, -0.2) is 4.98 Å². The number of carbonyl (C=O) groups is 1. The molecular formula is C17H15N3OS. The minimum atomic E-state index is -0.187. The van der Waals surface area contributed by atoms with Crippen molar-refractivity contribution in [2.24, 2.45) is 0 Å². The van der Waals surface area contributed by atoms with Gasteiger partial charge in [0.05, 0.1) is 5.56 Å². The largest absolute Gasteiger partial charge is 0.298 e. The average molecular weight is 309 g/mol. The summed E-state index contributed by atoms with van der Waals surface area (Å²) in [6.45, 7) is 1.89. The summed E-state index contributed by atoms with van der Waals surface area (Å²) in [7, 11) is 0. The molecule has 0 saturated heterocycles. The summed E-state index contributed by atoms with van der Waals surface area (Å²) in [6, 6.07) is 13.8. The molecule has 4 nitrogen and oxygen atoms in total. The van der Waals surface area contributed by atoms with Crippen LogP contribution in [0.1, 0.15) is 26.5 Å². The number of nitrogens with zero attached hydrogens (tertiary/aromatic N) is 2. The predicted molar refractivity (Wildman–Crippen MR) is 88.3 cm³/mol. The fourth-order valence-electron chi connectivity index (χ4n) is 2.02. The number of pyridine rings is 1. The third kappa shape index (κ3) is 3.56. The number of anilines is 1. The molecule has 22 heavy (non-hydrogen) atoms. The molecular weight excluding hydrogens is 294 g/mol. The van der Waals surface area contributed by atoms with Crippen molar-refractivity contribution in [3.63, 3.8) is 0 Å². The van der Waals surface area contributed by atoms with E-state index in [1.54, 1.807) is 18.5 Å². The van der Waals surface area contributed by atoms with Crippen LogP contribution in [0.5, 0.6) is 0 Å². The molecule has 0 bridgehead atoms. The molecule has 0 radical (unpaired) electrons. The molecule has 2 heterocycles. The summed E-state index contributed by atoms with van der Waals surface area (Å²) in [6.07, 6.45) is 4.20. The second-order valence-electron chi connectivity index (χ2n) is 4.94. The van der Waals surface area contributed by atoms with Gasteiger partial charge < -0.3 is 0 Å². The predicted octanol–water partition coefficient (Wildman–Crippen LogP) is 3.69. The van der Waals surface area contributed by atoms with E-state index in [1.807, 2.05) is 31.2 Å². The van der Waals surface area contributed by atoms with Crippen molar-refractivity contribution in [1.82, 2.24) is 9.97 Å². The second kappa shape index (κ2) is 6.49. The molecule has 1 N–H and O–H groups in total. The lowest BCUT2D eigenvalue weighted by Gasteiger charge is -2.01. The highest BCUT2D eigenvalue weighted by atomic mass is 32.1. The summed E-state index contributed by atoms with van der Waals surface area (Å²) < 4.78 is 0. The van der Waals surface area contributed by atoms with Crippen LogP contribution in [-0.2, 0) is 6.42 Å². The number of aryl methyl sites for hydroxylation is 1. The number of carbonyl (C=O) groups excluding carboxylic acids is 1. The average Bonchev–Trinajstić information content (AvgIpc) is 2.96. The lowest BCUT2D eigenvalue weighted by atomic mass is 10.1. The Bertz CT molecular complexity index is 766. The molecule has 0 aliphatic rings. The highest BCUT2D eigenvalue weighted by Gasteiger charge is 2.09. The van der Waals surface area contributed by atoms with Crippen LogP contribution in [0.3, 0.4) is 0 Å². The molecule has 1 amide bonds. The van der Waals surface area contributed by atoms with Gasteiger partial charge in [0.25, 0.3) is 5.91 Å². The minimum Gasteiger partial charge on any atom is -0.298 e. The van der Waals surface area contributed by atoms with Crippen LogP contribution in [0, 0.1) is 6.92 Å². The maximum absolute atomic E-state index is 12.1. The van der Waals surface area contributed by atoms with Crippen molar-refractivity contribution in [2.75, 3.05) is 5.32 Å². The van der Waals surface area contributed by atoms with Crippen molar-refractivity contribution >= 4 is 22.4 Å². The maximum atomic E-state index is 12.1. The van der Waals surface area contributed by atoms with Crippen molar-refractivity contribution in [3.05, 3.63) is 76.6 Å². The van der Waals surface area contributed by atoms with Gasteiger partial charge in [0.15, 0.2) is 5.13 Å². The van der Waals surface area contributed by atoms with Crippen molar-refractivity contribution < 1.29 is 4.79 Å². The SMILES string of the molecule is Cc1ccc(C(=O)Nc2ncc(Cc3ccccc3)s2)cn1. The van der Waals surface area contributed by atoms with Crippen molar-refractivity contribution in [3.8, 4) is 0 Å². The summed E-state index contributed by atoms with van der Waals surface area (Å²) >= 11 is 1.49. The smallest absolute Gasteiger partial charge is 0.259 e. The van der Waals surface area contributed by atoms with Gasteiger partial charge >= 0.3 is 0 Å². The summed E-state index contributed by atoms with van der Waals surface area (Å²) in [5.74, 6) is -0.187. The Morgan fingerprint density at radius 2 is 1.91 bits per heavy atom. The number of aromatic nitrogens is 2. The molecule has 3 rings (SSSR count). The molecule has 0 unspecified atom stereocenters. The molecule has 0 atom stereocenters. The van der Waals surface area contributed by atoms with Gasteiger partial charge in [-0.1, -0.05) is 30.3 Å². The van der Waals surface area contributed by atoms with Crippen molar-refractivity contribution in [2.45, 2.75) is 13.3 Å². The number of benzene rings is 1. The van der Waals surface area contributed by atoms with E-state index in [0.29, 0.717) is 10.7 Å². The van der Waals surface area contributed by atoms with Crippen LogP contribution in [0.25, 0.3) is 0 Å². The minimum absolute atomic E-state index is 0.187. The van der Waals surface area contributed by atoms with Crippen LogP contribution >= 0.6 is 11.3 Å². The van der Waals surface area contributed by atoms with E-state index in [9.17, 15) is 4.79 Å². The van der Waals surface area contributed by atoms with Crippen LogP contribution in [0.2, 0.25) is 0 Å². The Morgan fingerprint density at radius 3 is 2.64 bits per heavy atom. The first-order valence-electron chi connectivity index (χ1n) is 6.93. The normalized spacial score (nSPS) is 10.4. The summed E-state index contributed by atoms with van der Waals surface area (Å²) in [5, 5.41) is 3.42. The lowest BCUT2D eigenvalue weighted by molar-refractivity contribution is 0.102. The van der Waals surface area contributed by atoms with Gasteiger partial charge in [-0.05, 0) is 24.6 Å². The number of rotatable bonds is 4. The Balaban J connectivity index is 1.66. The molecule has 2 aromatic heterocycles.